The fourth-order valence-corrected chi connectivity index (χ4v) is 2.23. The summed E-state index contributed by atoms with van der Waals surface area (Å²) in [5.74, 6) is -0.146. The molecule has 0 unspecified atom stereocenters. The van der Waals surface area contributed by atoms with Crippen molar-refractivity contribution in [1.29, 1.82) is 0 Å². The third kappa shape index (κ3) is 2.20. The molecule has 3 rings (SSSR count). The summed E-state index contributed by atoms with van der Waals surface area (Å²) in [6.07, 6.45) is 0. The fourth-order valence-electron chi connectivity index (χ4n) is 2.23. The molecule has 0 aliphatic rings. The summed E-state index contributed by atoms with van der Waals surface area (Å²) in [7, 11) is 1.47. The monoisotopic (exact) mass is 300 g/mol. The van der Waals surface area contributed by atoms with Crippen molar-refractivity contribution in [2.45, 2.75) is 0 Å². The van der Waals surface area contributed by atoms with E-state index in [0.29, 0.717) is 11.3 Å². The number of methoxy groups -OCH3 is 1. The lowest BCUT2D eigenvalue weighted by Gasteiger charge is -2.08. The van der Waals surface area contributed by atoms with Crippen LogP contribution >= 0.6 is 0 Å². The van der Waals surface area contributed by atoms with E-state index >= 15 is 0 Å². The van der Waals surface area contributed by atoms with Gasteiger partial charge in [-0.25, -0.2) is 0 Å². The quantitative estimate of drug-likeness (QED) is 0.672. The Labute approximate surface area is 124 Å². The van der Waals surface area contributed by atoms with Gasteiger partial charge >= 0.3 is 0 Å². The molecule has 0 aliphatic carbocycles. The molecule has 6 nitrogen and oxygen atoms in total. The molecule has 0 bridgehead atoms. The van der Waals surface area contributed by atoms with Crippen LogP contribution in [0.3, 0.4) is 0 Å². The highest BCUT2D eigenvalue weighted by Gasteiger charge is 2.14. The molecule has 0 saturated heterocycles. The second kappa shape index (κ2) is 5.00. The topological polar surface area (TPSA) is 100 Å². The van der Waals surface area contributed by atoms with E-state index < -0.39 is 5.43 Å². The first kappa shape index (κ1) is 13.8. The lowest BCUT2D eigenvalue weighted by atomic mass is 10.1. The second-order valence-corrected chi connectivity index (χ2v) is 4.70. The fraction of sp³-hybridized carbons (Fsp3) is 0.0625. The molecule has 3 N–H and O–H groups in total. The molecule has 22 heavy (non-hydrogen) atoms. The molecule has 112 valence electrons. The van der Waals surface area contributed by atoms with E-state index in [-0.39, 0.29) is 34.0 Å². The zero-order valence-electron chi connectivity index (χ0n) is 11.5. The van der Waals surface area contributed by atoms with Gasteiger partial charge in [0.2, 0.25) is 0 Å². The van der Waals surface area contributed by atoms with Crippen molar-refractivity contribution in [2.24, 2.45) is 0 Å². The van der Waals surface area contributed by atoms with Gasteiger partial charge in [-0.2, -0.15) is 0 Å². The van der Waals surface area contributed by atoms with Gasteiger partial charge in [0.1, 0.15) is 39.7 Å². The molecule has 0 amide bonds. The smallest absolute Gasteiger partial charge is 0.197 e. The van der Waals surface area contributed by atoms with Crippen molar-refractivity contribution in [3.8, 4) is 34.3 Å². The molecular formula is C16H12O6. The Morgan fingerprint density at radius 3 is 2.45 bits per heavy atom. The third-order valence-electron chi connectivity index (χ3n) is 3.26. The Morgan fingerprint density at radius 1 is 1.00 bits per heavy atom. The molecule has 0 atom stereocenters. The number of hydrogen-bond acceptors (Lipinski definition) is 6. The highest BCUT2D eigenvalue weighted by Crippen LogP contribution is 2.35. The van der Waals surface area contributed by atoms with Crippen molar-refractivity contribution in [2.75, 3.05) is 7.11 Å². The Kier molecular flexibility index (Phi) is 3.14. The Hall–Kier alpha value is -3.15. The van der Waals surface area contributed by atoms with Gasteiger partial charge in [-0.1, -0.05) is 0 Å². The predicted octanol–water partition coefficient (Wildman–Crippen LogP) is 2.59. The van der Waals surface area contributed by atoms with Gasteiger partial charge in [-0.3, -0.25) is 4.79 Å². The van der Waals surface area contributed by atoms with E-state index in [9.17, 15) is 20.1 Å². The molecule has 2 aromatic carbocycles. The van der Waals surface area contributed by atoms with Gasteiger partial charge in [-0.05, 0) is 12.1 Å². The average Bonchev–Trinajstić information content (AvgIpc) is 2.45. The number of aromatic hydroxyl groups is 3. The Balaban J connectivity index is 2.27. The number of rotatable bonds is 2. The maximum atomic E-state index is 12.1. The highest BCUT2D eigenvalue weighted by molar-refractivity contribution is 5.86. The summed E-state index contributed by atoms with van der Waals surface area (Å²) in [4.78, 5) is 12.1. The van der Waals surface area contributed by atoms with Crippen LogP contribution in [0.1, 0.15) is 0 Å². The lowest BCUT2D eigenvalue weighted by molar-refractivity contribution is 0.408. The normalized spacial score (nSPS) is 10.8. The molecule has 0 radical (unpaired) electrons. The minimum atomic E-state index is -0.482. The van der Waals surface area contributed by atoms with Crippen LogP contribution in [0, 0.1) is 0 Å². The molecule has 0 fully saturated rings. The van der Waals surface area contributed by atoms with E-state index in [1.54, 1.807) is 12.1 Å². The van der Waals surface area contributed by atoms with Crippen LogP contribution in [0.5, 0.6) is 23.0 Å². The van der Waals surface area contributed by atoms with Crippen molar-refractivity contribution < 1.29 is 24.5 Å². The number of phenolic OH excluding ortho intramolecular Hbond substituents is 3. The molecule has 1 heterocycles. The van der Waals surface area contributed by atoms with Gasteiger partial charge in [0, 0.05) is 24.3 Å². The van der Waals surface area contributed by atoms with Gasteiger partial charge < -0.3 is 24.5 Å². The summed E-state index contributed by atoms with van der Waals surface area (Å²) in [6, 6.07) is 7.99. The largest absolute Gasteiger partial charge is 0.508 e. The van der Waals surface area contributed by atoms with E-state index in [2.05, 4.69) is 0 Å². The zero-order chi connectivity index (χ0) is 15.9. The minimum absolute atomic E-state index is 0.0234. The van der Waals surface area contributed by atoms with Crippen LogP contribution in [-0.4, -0.2) is 22.4 Å². The lowest BCUT2D eigenvalue weighted by Crippen LogP contribution is -2.00. The van der Waals surface area contributed by atoms with Crippen molar-refractivity contribution in [3.05, 3.63) is 46.6 Å². The van der Waals surface area contributed by atoms with Crippen molar-refractivity contribution >= 4 is 11.0 Å². The molecule has 1 aromatic heterocycles. The minimum Gasteiger partial charge on any atom is -0.508 e. The van der Waals surface area contributed by atoms with E-state index in [0.717, 1.165) is 6.07 Å². The number of ether oxygens (including phenoxy) is 1. The SMILES string of the molecule is COc1ccc(-c2cc(=O)c3c(O)cc(O)cc3o2)c(O)c1. The van der Waals surface area contributed by atoms with Crippen LogP contribution in [-0.2, 0) is 0 Å². The molecule has 0 saturated carbocycles. The van der Waals surface area contributed by atoms with Gasteiger partial charge in [0.15, 0.2) is 5.43 Å². The number of fused-ring (bicyclic) bond motifs is 1. The summed E-state index contributed by atoms with van der Waals surface area (Å²) in [5, 5.41) is 29.2. The van der Waals surface area contributed by atoms with Crippen LogP contribution in [0.2, 0.25) is 0 Å². The first-order valence-corrected chi connectivity index (χ1v) is 6.37. The second-order valence-electron chi connectivity index (χ2n) is 4.70. The van der Waals surface area contributed by atoms with E-state index in [1.807, 2.05) is 0 Å². The molecule has 0 aliphatic heterocycles. The average molecular weight is 300 g/mol. The molecule has 0 spiro atoms. The number of benzene rings is 2. The molecular weight excluding hydrogens is 288 g/mol. The Bertz CT molecular complexity index is 926. The maximum Gasteiger partial charge on any atom is 0.197 e. The zero-order valence-corrected chi connectivity index (χ0v) is 11.5. The van der Waals surface area contributed by atoms with Gasteiger partial charge in [0.25, 0.3) is 0 Å². The summed E-state index contributed by atoms with van der Waals surface area (Å²) < 4.78 is 10.5. The van der Waals surface area contributed by atoms with Gasteiger partial charge in [-0.15, -0.1) is 0 Å². The third-order valence-corrected chi connectivity index (χ3v) is 3.26. The summed E-state index contributed by atoms with van der Waals surface area (Å²) in [6.45, 7) is 0. The maximum absolute atomic E-state index is 12.1. The van der Waals surface area contributed by atoms with Crippen LogP contribution in [0.15, 0.2) is 45.6 Å². The first-order valence-electron chi connectivity index (χ1n) is 6.37. The van der Waals surface area contributed by atoms with Crippen LogP contribution in [0.4, 0.5) is 0 Å². The predicted molar refractivity (Wildman–Crippen MR) is 79.5 cm³/mol. The molecule has 3 aromatic rings. The number of phenols is 3. The Morgan fingerprint density at radius 2 is 1.77 bits per heavy atom. The molecule has 6 heteroatoms. The highest BCUT2D eigenvalue weighted by atomic mass is 16.5. The number of hydrogen-bond donors (Lipinski definition) is 3. The van der Waals surface area contributed by atoms with E-state index in [4.69, 9.17) is 9.15 Å². The van der Waals surface area contributed by atoms with Gasteiger partial charge in [0.05, 0.1) is 12.7 Å². The first-order chi connectivity index (χ1) is 10.5. The van der Waals surface area contributed by atoms with Crippen molar-refractivity contribution in [1.82, 2.24) is 0 Å². The van der Waals surface area contributed by atoms with E-state index in [1.165, 1.54) is 25.3 Å². The van der Waals surface area contributed by atoms with Crippen LogP contribution in [0.25, 0.3) is 22.3 Å². The summed E-state index contributed by atoms with van der Waals surface area (Å²) >= 11 is 0. The van der Waals surface area contributed by atoms with Crippen LogP contribution < -0.4 is 10.2 Å². The summed E-state index contributed by atoms with van der Waals surface area (Å²) in [5.41, 5.74) is -0.165. The van der Waals surface area contributed by atoms with Crippen molar-refractivity contribution in [3.63, 3.8) is 0 Å². The standard InChI is InChI=1S/C16H12O6/c1-21-9-2-3-10(11(18)6-9)14-7-13(20)16-12(19)4-8(17)5-15(16)22-14/h2-7,17-19H,1H3.